The van der Waals surface area contributed by atoms with E-state index in [1.165, 1.54) is 0 Å². The summed E-state index contributed by atoms with van der Waals surface area (Å²) in [6.45, 7) is 3.93. The second-order valence-corrected chi connectivity index (χ2v) is 15.3. The molecule has 0 aliphatic carbocycles. The third-order valence-electron chi connectivity index (χ3n) is 4.78. The number of carbonyl (C=O) groups is 2. The minimum Gasteiger partial charge on any atom is 0 e. The summed E-state index contributed by atoms with van der Waals surface area (Å²) in [5, 5.41) is 1.26. The first-order valence-corrected chi connectivity index (χ1v) is 13.5. The molecule has 0 aromatic heterocycles. The molecule has 0 N–H and O–H groups in total. The number of ether oxygens (including phenoxy) is 2. The van der Waals surface area contributed by atoms with Gasteiger partial charge in [0.05, 0.1) is 0 Å². The van der Waals surface area contributed by atoms with Crippen LogP contribution < -0.4 is 9.47 Å². The molecule has 0 saturated carbocycles. The number of hydrogen-bond donors (Lipinski definition) is 0. The molecule has 0 aliphatic heterocycles. The summed E-state index contributed by atoms with van der Waals surface area (Å²) in [5.41, 5.74) is 1.21. The second-order valence-electron chi connectivity index (χ2n) is 5.90. The molecule has 0 unspecified atom stereocenters. The van der Waals surface area contributed by atoms with E-state index in [4.69, 9.17) is 9.47 Å². The first-order valence-electron chi connectivity index (χ1n) is 8.40. The van der Waals surface area contributed by atoms with Crippen LogP contribution in [0.25, 0.3) is 0 Å². The Kier molecular flexibility index (Phi) is 8.63. The van der Waals surface area contributed by atoms with E-state index in [0.717, 1.165) is 0 Å². The summed E-state index contributed by atoms with van der Waals surface area (Å²) in [5.74, 6) is 1.40. The number of carbonyl (C=O) groups excluding carboxylic acids is 2. The fourth-order valence-corrected chi connectivity index (χ4v) is 10.2. The topological polar surface area (TPSA) is 52.6 Å². The molecule has 2 aromatic carbocycles. The maximum Gasteiger partial charge on any atom is 0 e. The average molecular weight is 474 g/mol. The molecule has 0 fully saturated rings. The molecule has 0 amide bonds. The van der Waals surface area contributed by atoms with Gasteiger partial charge in [0.25, 0.3) is 0 Å². The standard InChI is InChI=1S/C20H24GeO4.Ge/c1-5-21(6-2,19(22)15-7-11-17(24-3)12-8-15)20(23)16-9-13-18(25-4)14-10-16;/h7-14H,5-6H2,1-4H3;. The molecule has 2 aromatic rings. The summed E-state index contributed by atoms with van der Waals surface area (Å²) < 4.78 is 10.4. The van der Waals surface area contributed by atoms with Gasteiger partial charge in [-0.15, -0.1) is 0 Å². The Morgan fingerprint density at radius 3 is 1.27 bits per heavy atom. The van der Waals surface area contributed by atoms with Crippen molar-refractivity contribution in [3.8, 4) is 11.5 Å². The monoisotopic (exact) mass is 476 g/mol. The van der Waals surface area contributed by atoms with E-state index in [1.54, 1.807) is 62.8 Å². The molecule has 2 rings (SSSR count). The summed E-state index contributed by atoms with van der Waals surface area (Å²) in [7, 11) is 3.18. The molecular formula is C20H24Ge2O4. The van der Waals surface area contributed by atoms with Crippen molar-refractivity contribution in [2.45, 2.75) is 24.4 Å². The van der Waals surface area contributed by atoms with Crippen LogP contribution >= 0.6 is 0 Å². The zero-order chi connectivity index (χ0) is 18.4. The van der Waals surface area contributed by atoms with Gasteiger partial charge in [-0.2, -0.15) is 0 Å². The first kappa shape index (κ1) is 22.5. The van der Waals surface area contributed by atoms with Crippen molar-refractivity contribution in [1.29, 1.82) is 0 Å². The van der Waals surface area contributed by atoms with Crippen molar-refractivity contribution in [2.24, 2.45) is 0 Å². The Hall–Kier alpha value is -1.53. The van der Waals surface area contributed by atoms with Gasteiger partial charge in [-0.1, -0.05) is 0 Å². The Morgan fingerprint density at radius 1 is 0.731 bits per heavy atom. The quantitative estimate of drug-likeness (QED) is 0.545. The molecule has 0 bridgehead atoms. The van der Waals surface area contributed by atoms with Crippen molar-refractivity contribution >= 4 is 40.1 Å². The molecule has 26 heavy (non-hydrogen) atoms. The van der Waals surface area contributed by atoms with E-state index in [0.29, 0.717) is 33.1 Å². The fourth-order valence-electron chi connectivity index (χ4n) is 3.03. The van der Waals surface area contributed by atoms with Gasteiger partial charge < -0.3 is 0 Å². The van der Waals surface area contributed by atoms with Crippen LogP contribution in [-0.4, -0.2) is 54.3 Å². The van der Waals surface area contributed by atoms with Gasteiger partial charge in [0.15, 0.2) is 0 Å². The molecule has 0 saturated heterocycles. The molecule has 0 spiro atoms. The summed E-state index contributed by atoms with van der Waals surface area (Å²) in [6, 6.07) is 14.1. The minimum absolute atomic E-state index is 0. The molecule has 136 valence electrons. The fraction of sp³-hybridized carbons (Fsp3) is 0.300. The zero-order valence-electron chi connectivity index (χ0n) is 15.7. The van der Waals surface area contributed by atoms with Gasteiger partial charge in [-0.3, -0.25) is 0 Å². The predicted octanol–water partition coefficient (Wildman–Crippen LogP) is 3.96. The van der Waals surface area contributed by atoms with E-state index in [1.807, 2.05) is 13.8 Å². The Morgan fingerprint density at radius 2 is 1.04 bits per heavy atom. The van der Waals surface area contributed by atoms with Gasteiger partial charge in [0.1, 0.15) is 0 Å². The number of benzene rings is 2. The van der Waals surface area contributed by atoms with Crippen LogP contribution in [0.15, 0.2) is 48.5 Å². The van der Waals surface area contributed by atoms with Crippen LogP contribution in [-0.2, 0) is 0 Å². The van der Waals surface area contributed by atoms with E-state index in [-0.39, 0.29) is 26.8 Å². The van der Waals surface area contributed by atoms with Gasteiger partial charge in [0.2, 0.25) is 0 Å². The molecule has 0 heterocycles. The molecule has 0 aliphatic rings. The Balaban J connectivity index is 0.00000338. The molecule has 6 heteroatoms. The maximum atomic E-state index is 13.3. The molecule has 4 radical (unpaired) electrons. The van der Waals surface area contributed by atoms with E-state index in [2.05, 4.69) is 0 Å². The van der Waals surface area contributed by atoms with Crippen LogP contribution in [0.3, 0.4) is 0 Å². The van der Waals surface area contributed by atoms with E-state index < -0.39 is 13.3 Å². The summed E-state index contributed by atoms with van der Waals surface area (Å²) in [4.78, 5) is 26.5. The summed E-state index contributed by atoms with van der Waals surface area (Å²) in [6.07, 6.45) is 0. The molecular weight excluding hydrogens is 449 g/mol. The smallest absolute Gasteiger partial charge is 0 e. The van der Waals surface area contributed by atoms with Crippen molar-refractivity contribution < 1.29 is 19.1 Å². The number of hydrogen-bond acceptors (Lipinski definition) is 4. The van der Waals surface area contributed by atoms with Gasteiger partial charge in [-0.05, 0) is 0 Å². The van der Waals surface area contributed by atoms with E-state index in [9.17, 15) is 9.59 Å². The number of rotatable bonds is 8. The van der Waals surface area contributed by atoms with Crippen molar-refractivity contribution in [3.63, 3.8) is 0 Å². The van der Waals surface area contributed by atoms with Crippen LogP contribution in [0.5, 0.6) is 11.5 Å². The third kappa shape index (κ3) is 4.41. The van der Waals surface area contributed by atoms with Crippen molar-refractivity contribution in [1.82, 2.24) is 0 Å². The first-order chi connectivity index (χ1) is 12.0. The van der Waals surface area contributed by atoms with Crippen LogP contribution in [0.4, 0.5) is 0 Å². The number of methoxy groups -OCH3 is 2. The van der Waals surface area contributed by atoms with Gasteiger partial charge in [-0.25, -0.2) is 0 Å². The molecule has 0 atom stereocenters. The van der Waals surface area contributed by atoms with E-state index >= 15 is 0 Å². The minimum atomic E-state index is -3.47. The second kappa shape index (κ2) is 9.97. The maximum absolute atomic E-state index is 13.3. The Bertz CT molecular complexity index is 674. The van der Waals surface area contributed by atoms with Crippen molar-refractivity contribution in [3.05, 3.63) is 59.7 Å². The largest absolute Gasteiger partial charge is 0 e. The SMILES string of the molecule is C[CH2][Ge]([CH2]C)([C](=O)c1ccc(OC)cc1)[C](=O)c1ccc(OC)cc1.[Ge]. The third-order valence-corrected chi connectivity index (χ3v) is 14.7. The van der Waals surface area contributed by atoms with Crippen LogP contribution in [0, 0.1) is 0 Å². The van der Waals surface area contributed by atoms with Crippen molar-refractivity contribution in [2.75, 3.05) is 14.2 Å². The average Bonchev–Trinajstić information content (AvgIpc) is 2.69. The van der Waals surface area contributed by atoms with Crippen LogP contribution in [0.2, 0.25) is 10.5 Å². The normalized spacial score (nSPS) is 10.6. The van der Waals surface area contributed by atoms with Gasteiger partial charge >= 0.3 is 151 Å². The van der Waals surface area contributed by atoms with Crippen LogP contribution in [0.1, 0.15) is 34.6 Å². The predicted molar refractivity (Wildman–Crippen MR) is 107 cm³/mol. The summed E-state index contributed by atoms with van der Waals surface area (Å²) >= 11 is -3.47. The zero-order valence-corrected chi connectivity index (χ0v) is 19.9. The Labute approximate surface area is 168 Å². The van der Waals surface area contributed by atoms with Gasteiger partial charge in [0, 0.05) is 17.6 Å². The molecule has 4 nitrogen and oxygen atoms in total.